The van der Waals surface area contributed by atoms with Gasteiger partial charge in [0.15, 0.2) is 0 Å². The van der Waals surface area contributed by atoms with Crippen molar-refractivity contribution in [3.8, 4) is 5.75 Å². The number of halogens is 1. The van der Waals surface area contributed by atoms with Crippen LogP contribution in [0.3, 0.4) is 0 Å². The number of fused-ring (bicyclic) bond motifs is 2. The van der Waals surface area contributed by atoms with Crippen molar-refractivity contribution in [3.05, 3.63) is 46.1 Å². The summed E-state index contributed by atoms with van der Waals surface area (Å²) in [5, 5.41) is 4.01. The molecule has 0 amide bonds. The lowest BCUT2D eigenvalue weighted by Crippen LogP contribution is -1.99. The molecule has 0 spiro atoms. The average Bonchev–Trinajstić information content (AvgIpc) is 2.53. The lowest BCUT2D eigenvalue weighted by atomic mass is 10.2. The van der Waals surface area contributed by atoms with E-state index in [2.05, 4.69) is 10.3 Å². The molecular weight excluding hydrogens is 248 g/mol. The van der Waals surface area contributed by atoms with Gasteiger partial charge in [0.05, 0.1) is 16.3 Å². The zero-order valence-electron chi connectivity index (χ0n) is 10.2. The lowest BCUT2D eigenvalue weighted by Gasteiger charge is -2.09. The van der Waals surface area contributed by atoms with Crippen LogP contribution in [0.15, 0.2) is 24.4 Å². The van der Waals surface area contributed by atoms with Gasteiger partial charge in [-0.2, -0.15) is 0 Å². The summed E-state index contributed by atoms with van der Waals surface area (Å²) in [7, 11) is 0. The van der Waals surface area contributed by atoms with E-state index in [-0.39, 0.29) is 0 Å². The molecule has 0 radical (unpaired) electrons. The molecule has 1 aromatic carbocycles. The van der Waals surface area contributed by atoms with Gasteiger partial charge in [0.1, 0.15) is 18.2 Å². The van der Waals surface area contributed by atoms with Gasteiger partial charge in [-0.3, -0.25) is 0 Å². The lowest BCUT2D eigenvalue weighted by molar-refractivity contribution is 0.310. The summed E-state index contributed by atoms with van der Waals surface area (Å²) >= 11 is 6.30. The fourth-order valence-corrected chi connectivity index (χ4v) is 2.22. The van der Waals surface area contributed by atoms with Crippen molar-refractivity contribution in [1.29, 1.82) is 0 Å². The van der Waals surface area contributed by atoms with Crippen LogP contribution in [0.4, 0.5) is 11.5 Å². The molecule has 0 atom stereocenters. The molecule has 1 aliphatic heterocycles. The minimum absolute atomic E-state index is 0.436. The number of hydrogen-bond acceptors (Lipinski definition) is 3. The second-order valence-corrected chi connectivity index (χ2v) is 4.87. The first kappa shape index (κ1) is 11.4. The van der Waals surface area contributed by atoms with Crippen LogP contribution < -0.4 is 10.1 Å². The number of nitrogens with zero attached hydrogens (tertiary/aromatic N) is 1. The Morgan fingerprint density at radius 1 is 1.33 bits per heavy atom. The molecular formula is C14H13ClN2O. The fraction of sp³-hybridized carbons (Fsp3) is 0.214. The zero-order chi connectivity index (χ0) is 12.7. The number of rotatable bonds is 0. The van der Waals surface area contributed by atoms with Gasteiger partial charge in [-0.05, 0) is 37.1 Å². The Labute approximate surface area is 111 Å². The predicted molar refractivity (Wildman–Crippen MR) is 72.8 cm³/mol. The van der Waals surface area contributed by atoms with Gasteiger partial charge in [0.25, 0.3) is 0 Å². The molecule has 0 fully saturated rings. The van der Waals surface area contributed by atoms with Crippen molar-refractivity contribution in [2.45, 2.75) is 20.5 Å². The van der Waals surface area contributed by atoms with E-state index in [0.717, 1.165) is 33.4 Å². The van der Waals surface area contributed by atoms with Crippen LogP contribution in [0, 0.1) is 13.8 Å². The third kappa shape index (κ3) is 1.81. The molecule has 0 aliphatic carbocycles. The number of hydrogen-bond donors (Lipinski definition) is 1. The van der Waals surface area contributed by atoms with Gasteiger partial charge >= 0.3 is 0 Å². The molecule has 18 heavy (non-hydrogen) atoms. The van der Waals surface area contributed by atoms with E-state index in [4.69, 9.17) is 16.3 Å². The minimum Gasteiger partial charge on any atom is -0.487 e. The summed E-state index contributed by atoms with van der Waals surface area (Å²) < 4.78 is 5.78. The third-order valence-corrected chi connectivity index (χ3v) is 3.57. The summed E-state index contributed by atoms with van der Waals surface area (Å²) in [5.41, 5.74) is 3.97. The van der Waals surface area contributed by atoms with E-state index >= 15 is 0 Å². The number of benzene rings is 1. The van der Waals surface area contributed by atoms with Crippen LogP contribution in [0.5, 0.6) is 5.75 Å². The van der Waals surface area contributed by atoms with E-state index in [1.54, 1.807) is 6.20 Å². The van der Waals surface area contributed by atoms with Crippen molar-refractivity contribution < 1.29 is 4.74 Å². The standard InChI is InChI=1S/C14H13ClN2O/c1-8-3-4-12-11(5-8)17-14-10(7-18-12)13(15)9(2)6-16-14/h3-6H,7H2,1-2H3,(H,16,17). The van der Waals surface area contributed by atoms with Crippen molar-refractivity contribution in [1.82, 2.24) is 4.98 Å². The van der Waals surface area contributed by atoms with Crippen molar-refractivity contribution in [3.63, 3.8) is 0 Å². The highest BCUT2D eigenvalue weighted by Gasteiger charge is 2.18. The molecule has 4 heteroatoms. The van der Waals surface area contributed by atoms with Crippen molar-refractivity contribution in [2.75, 3.05) is 5.32 Å². The van der Waals surface area contributed by atoms with E-state index < -0.39 is 0 Å². The summed E-state index contributed by atoms with van der Waals surface area (Å²) in [5.74, 6) is 1.60. The normalized spacial score (nSPS) is 12.8. The Kier molecular flexibility index (Phi) is 2.63. The molecule has 0 unspecified atom stereocenters. The van der Waals surface area contributed by atoms with Crippen LogP contribution in [-0.4, -0.2) is 4.98 Å². The topological polar surface area (TPSA) is 34.2 Å². The molecule has 92 valence electrons. The molecule has 1 aliphatic rings. The van der Waals surface area contributed by atoms with E-state index in [9.17, 15) is 0 Å². The first-order valence-electron chi connectivity index (χ1n) is 5.79. The zero-order valence-corrected chi connectivity index (χ0v) is 11.0. The fourth-order valence-electron chi connectivity index (χ4n) is 2.02. The maximum atomic E-state index is 6.30. The second-order valence-electron chi connectivity index (χ2n) is 4.50. The Balaban J connectivity index is 2.12. The third-order valence-electron chi connectivity index (χ3n) is 3.04. The number of nitrogens with one attached hydrogen (secondary N) is 1. The molecule has 0 saturated heterocycles. The maximum Gasteiger partial charge on any atom is 0.143 e. The number of aryl methyl sites for hydroxylation is 2. The van der Waals surface area contributed by atoms with Gasteiger partial charge in [-0.15, -0.1) is 0 Å². The van der Waals surface area contributed by atoms with E-state index in [1.807, 2.05) is 32.0 Å². The summed E-state index contributed by atoms with van der Waals surface area (Å²) in [6.07, 6.45) is 1.77. The van der Waals surface area contributed by atoms with Gasteiger partial charge in [-0.1, -0.05) is 17.7 Å². The van der Waals surface area contributed by atoms with Crippen LogP contribution in [0.1, 0.15) is 16.7 Å². The van der Waals surface area contributed by atoms with Crippen LogP contribution in [0.2, 0.25) is 5.02 Å². The van der Waals surface area contributed by atoms with Gasteiger partial charge < -0.3 is 10.1 Å². The SMILES string of the molecule is Cc1ccc2c(c1)Nc1ncc(C)c(Cl)c1CO2. The maximum absolute atomic E-state index is 6.30. The van der Waals surface area contributed by atoms with Crippen LogP contribution in [-0.2, 0) is 6.61 Å². The van der Waals surface area contributed by atoms with Crippen LogP contribution in [0.25, 0.3) is 0 Å². The summed E-state index contributed by atoms with van der Waals surface area (Å²) in [4.78, 5) is 4.39. The predicted octanol–water partition coefficient (Wildman–Crippen LogP) is 3.99. The first-order chi connectivity index (χ1) is 8.65. The first-order valence-corrected chi connectivity index (χ1v) is 6.17. The minimum atomic E-state index is 0.436. The molecule has 3 rings (SSSR count). The van der Waals surface area contributed by atoms with Crippen molar-refractivity contribution >= 4 is 23.1 Å². The van der Waals surface area contributed by atoms with Gasteiger partial charge in [-0.25, -0.2) is 4.98 Å². The number of ether oxygens (including phenoxy) is 1. The molecule has 0 bridgehead atoms. The molecule has 2 heterocycles. The summed E-state index contributed by atoms with van der Waals surface area (Å²) in [6, 6.07) is 6.03. The Morgan fingerprint density at radius 3 is 3.00 bits per heavy atom. The molecule has 3 nitrogen and oxygen atoms in total. The summed E-state index contributed by atoms with van der Waals surface area (Å²) in [6.45, 7) is 4.42. The Morgan fingerprint density at radius 2 is 2.17 bits per heavy atom. The van der Waals surface area contributed by atoms with Gasteiger partial charge in [0.2, 0.25) is 0 Å². The quantitative estimate of drug-likeness (QED) is 0.778. The highest BCUT2D eigenvalue weighted by Crippen LogP contribution is 2.36. The highest BCUT2D eigenvalue weighted by molar-refractivity contribution is 6.32. The molecule has 2 aromatic rings. The van der Waals surface area contributed by atoms with Gasteiger partial charge in [0, 0.05) is 6.20 Å². The average molecular weight is 261 g/mol. The number of aromatic nitrogens is 1. The van der Waals surface area contributed by atoms with Crippen LogP contribution >= 0.6 is 11.6 Å². The van der Waals surface area contributed by atoms with Crippen molar-refractivity contribution in [2.24, 2.45) is 0 Å². The number of anilines is 2. The smallest absolute Gasteiger partial charge is 0.143 e. The molecule has 1 aromatic heterocycles. The largest absolute Gasteiger partial charge is 0.487 e. The Bertz CT molecular complexity index is 625. The number of pyridine rings is 1. The van der Waals surface area contributed by atoms with E-state index in [0.29, 0.717) is 6.61 Å². The Hall–Kier alpha value is -1.74. The highest BCUT2D eigenvalue weighted by atomic mass is 35.5. The molecule has 1 N–H and O–H groups in total. The van der Waals surface area contributed by atoms with E-state index in [1.165, 1.54) is 5.56 Å². The molecule has 0 saturated carbocycles. The monoisotopic (exact) mass is 260 g/mol. The second kappa shape index (κ2) is 4.18.